The maximum absolute atomic E-state index is 12.3. The minimum atomic E-state index is -1.19. The summed E-state index contributed by atoms with van der Waals surface area (Å²) in [5.74, 6) is -1.03. The lowest BCUT2D eigenvalue weighted by atomic mass is 9.96. The van der Waals surface area contributed by atoms with Gasteiger partial charge in [-0.1, -0.05) is 20.8 Å². The van der Waals surface area contributed by atoms with E-state index in [2.05, 4.69) is 5.32 Å². The highest BCUT2D eigenvalue weighted by Gasteiger charge is 2.26. The Hall–Kier alpha value is -3.03. The zero-order valence-corrected chi connectivity index (χ0v) is 16.6. The van der Waals surface area contributed by atoms with Crippen molar-refractivity contribution in [3.05, 3.63) is 34.2 Å². The van der Waals surface area contributed by atoms with Crippen molar-refractivity contribution in [2.75, 3.05) is 14.2 Å². The number of ether oxygens (including phenoxy) is 2. The normalized spacial score (nSPS) is 13.2. The molecule has 2 rings (SSSR count). The molecular weight excluding hydrogens is 366 g/mol. The van der Waals surface area contributed by atoms with Gasteiger partial charge in [0.2, 0.25) is 5.91 Å². The Labute approximate surface area is 162 Å². The third kappa shape index (κ3) is 4.62. The fraction of sp³-hybridized carbons (Fsp3) is 0.450. The van der Waals surface area contributed by atoms with Gasteiger partial charge >= 0.3 is 11.6 Å². The van der Waals surface area contributed by atoms with Crippen LogP contribution >= 0.6 is 0 Å². The van der Waals surface area contributed by atoms with Crippen molar-refractivity contribution in [1.82, 2.24) is 5.32 Å². The predicted molar refractivity (Wildman–Crippen MR) is 103 cm³/mol. The second-order valence-corrected chi connectivity index (χ2v) is 6.93. The Morgan fingerprint density at radius 3 is 2.25 bits per heavy atom. The van der Waals surface area contributed by atoms with Crippen LogP contribution in [0.15, 0.2) is 27.4 Å². The zero-order chi connectivity index (χ0) is 21.0. The number of hydrogen-bond acceptors (Lipinski definition) is 6. The van der Waals surface area contributed by atoms with Gasteiger partial charge in [-0.2, -0.15) is 0 Å². The molecule has 2 unspecified atom stereocenters. The Balaban J connectivity index is 2.45. The van der Waals surface area contributed by atoms with Gasteiger partial charge in [0, 0.05) is 29.9 Å². The molecule has 28 heavy (non-hydrogen) atoms. The van der Waals surface area contributed by atoms with Crippen molar-refractivity contribution >= 4 is 22.8 Å². The number of carbonyl (C=O) groups is 2. The van der Waals surface area contributed by atoms with E-state index in [1.54, 1.807) is 13.0 Å². The molecule has 0 bridgehead atoms. The van der Waals surface area contributed by atoms with Crippen LogP contribution in [0, 0.1) is 11.8 Å². The van der Waals surface area contributed by atoms with Gasteiger partial charge in [0.1, 0.15) is 11.6 Å². The third-order valence-electron chi connectivity index (χ3n) is 4.79. The summed E-state index contributed by atoms with van der Waals surface area (Å²) in [7, 11) is 2.92. The maximum atomic E-state index is 12.3. The van der Waals surface area contributed by atoms with Gasteiger partial charge in [-0.15, -0.1) is 0 Å². The Kier molecular flexibility index (Phi) is 6.66. The first-order valence-electron chi connectivity index (χ1n) is 8.89. The Morgan fingerprint density at radius 2 is 1.71 bits per heavy atom. The summed E-state index contributed by atoms with van der Waals surface area (Å²) in [6.07, 6.45) is -0.0799. The number of methoxy groups -OCH3 is 2. The number of amides is 1. The molecule has 0 aliphatic rings. The molecule has 0 aliphatic heterocycles. The highest BCUT2D eigenvalue weighted by molar-refractivity contribution is 5.87. The summed E-state index contributed by atoms with van der Waals surface area (Å²) in [5.41, 5.74) is 0.0454. The number of hydrogen-bond donors (Lipinski definition) is 2. The van der Waals surface area contributed by atoms with Gasteiger partial charge in [-0.3, -0.25) is 4.79 Å². The lowest BCUT2D eigenvalue weighted by Gasteiger charge is -2.20. The van der Waals surface area contributed by atoms with Gasteiger partial charge in [0.15, 0.2) is 11.5 Å². The SMILES string of the molecule is COc1cc2oc(=O)cc(CC(NC(=O)C(C)C(C)C)C(=O)O)c2cc1OC. The smallest absolute Gasteiger partial charge is 0.336 e. The summed E-state index contributed by atoms with van der Waals surface area (Å²) >= 11 is 0. The van der Waals surface area contributed by atoms with Crippen LogP contribution in [0.3, 0.4) is 0 Å². The average molecular weight is 391 g/mol. The molecule has 8 nitrogen and oxygen atoms in total. The van der Waals surface area contributed by atoms with E-state index in [9.17, 15) is 19.5 Å². The number of carbonyl (C=O) groups excluding carboxylic acids is 1. The molecule has 0 saturated heterocycles. The van der Waals surface area contributed by atoms with Crippen molar-refractivity contribution < 1.29 is 28.6 Å². The zero-order valence-electron chi connectivity index (χ0n) is 16.6. The number of rotatable bonds is 8. The largest absolute Gasteiger partial charge is 0.493 e. The van der Waals surface area contributed by atoms with E-state index < -0.39 is 17.6 Å². The first-order chi connectivity index (χ1) is 13.2. The number of carboxylic acid groups (broad SMARTS) is 1. The van der Waals surface area contributed by atoms with Crippen LogP contribution in [0.25, 0.3) is 11.0 Å². The molecule has 0 radical (unpaired) electrons. The van der Waals surface area contributed by atoms with E-state index >= 15 is 0 Å². The van der Waals surface area contributed by atoms with Crippen LogP contribution in [0.4, 0.5) is 0 Å². The third-order valence-corrected chi connectivity index (χ3v) is 4.79. The van der Waals surface area contributed by atoms with Crippen molar-refractivity contribution in [3.8, 4) is 11.5 Å². The van der Waals surface area contributed by atoms with E-state index in [0.717, 1.165) is 0 Å². The minimum Gasteiger partial charge on any atom is -0.493 e. The van der Waals surface area contributed by atoms with E-state index in [0.29, 0.717) is 22.4 Å². The molecule has 1 amide bonds. The molecule has 0 aliphatic carbocycles. The molecule has 152 valence electrons. The van der Waals surface area contributed by atoms with Crippen LogP contribution in [0.1, 0.15) is 26.3 Å². The fourth-order valence-electron chi connectivity index (χ4n) is 2.75. The second kappa shape index (κ2) is 8.77. The highest BCUT2D eigenvalue weighted by atomic mass is 16.5. The summed E-state index contributed by atoms with van der Waals surface area (Å²) in [6.45, 7) is 5.51. The molecule has 2 N–H and O–H groups in total. The number of fused-ring (bicyclic) bond motifs is 1. The molecule has 2 atom stereocenters. The molecular formula is C20H25NO7. The van der Waals surface area contributed by atoms with Crippen LogP contribution in [-0.4, -0.2) is 37.2 Å². The lowest BCUT2D eigenvalue weighted by molar-refractivity contribution is -0.142. The Morgan fingerprint density at radius 1 is 1.11 bits per heavy atom. The monoisotopic (exact) mass is 391 g/mol. The average Bonchev–Trinajstić information content (AvgIpc) is 2.65. The topological polar surface area (TPSA) is 115 Å². The van der Waals surface area contributed by atoms with Crippen molar-refractivity contribution in [2.24, 2.45) is 11.8 Å². The molecule has 1 aromatic heterocycles. The molecule has 8 heteroatoms. The highest BCUT2D eigenvalue weighted by Crippen LogP contribution is 2.33. The predicted octanol–water partition coefficient (Wildman–Crippen LogP) is 2.21. The van der Waals surface area contributed by atoms with Gasteiger partial charge < -0.3 is 24.3 Å². The second-order valence-electron chi connectivity index (χ2n) is 6.93. The lowest BCUT2D eigenvalue weighted by Crippen LogP contribution is -2.45. The van der Waals surface area contributed by atoms with E-state index in [1.807, 2.05) is 13.8 Å². The molecule has 0 saturated carbocycles. The van der Waals surface area contributed by atoms with Crippen LogP contribution in [-0.2, 0) is 16.0 Å². The molecule has 0 spiro atoms. The van der Waals surface area contributed by atoms with Crippen molar-refractivity contribution in [1.29, 1.82) is 0 Å². The summed E-state index contributed by atoms with van der Waals surface area (Å²) in [5, 5.41) is 12.6. The minimum absolute atomic E-state index is 0.0655. The molecule has 0 fully saturated rings. The van der Waals surface area contributed by atoms with E-state index in [1.165, 1.54) is 26.4 Å². The number of aliphatic carboxylic acids is 1. The molecule has 2 aromatic rings. The van der Waals surface area contributed by atoms with Crippen LogP contribution < -0.4 is 20.4 Å². The van der Waals surface area contributed by atoms with E-state index in [-0.39, 0.29) is 29.7 Å². The van der Waals surface area contributed by atoms with Gasteiger partial charge in [-0.25, -0.2) is 9.59 Å². The van der Waals surface area contributed by atoms with Crippen LogP contribution in [0.5, 0.6) is 11.5 Å². The molecule has 1 heterocycles. The number of benzene rings is 1. The Bertz CT molecular complexity index is 932. The summed E-state index contributed by atoms with van der Waals surface area (Å²) in [6, 6.07) is 3.16. The first-order valence-corrected chi connectivity index (χ1v) is 8.89. The van der Waals surface area contributed by atoms with Crippen LogP contribution in [0.2, 0.25) is 0 Å². The van der Waals surface area contributed by atoms with E-state index in [4.69, 9.17) is 13.9 Å². The first kappa shape index (κ1) is 21.3. The summed E-state index contributed by atoms with van der Waals surface area (Å²) in [4.78, 5) is 36.0. The van der Waals surface area contributed by atoms with Gasteiger partial charge in [0.25, 0.3) is 0 Å². The van der Waals surface area contributed by atoms with Crippen molar-refractivity contribution in [2.45, 2.75) is 33.2 Å². The molecule has 1 aromatic carbocycles. The number of carboxylic acids is 1. The quantitative estimate of drug-likeness (QED) is 0.663. The number of nitrogens with one attached hydrogen (secondary N) is 1. The maximum Gasteiger partial charge on any atom is 0.336 e. The summed E-state index contributed by atoms with van der Waals surface area (Å²) < 4.78 is 15.7. The van der Waals surface area contributed by atoms with Gasteiger partial charge in [0.05, 0.1) is 14.2 Å². The standard InChI is InChI=1S/C20H25NO7/c1-10(2)11(3)19(23)21-14(20(24)25)6-12-7-18(22)28-15-9-17(27-5)16(26-4)8-13(12)15/h7-11,14H,6H2,1-5H3,(H,21,23)(H,24,25). The van der Waals surface area contributed by atoms with Crippen molar-refractivity contribution in [3.63, 3.8) is 0 Å². The van der Waals surface area contributed by atoms with Gasteiger partial charge in [-0.05, 0) is 17.5 Å². The fourth-order valence-corrected chi connectivity index (χ4v) is 2.75.